The molecule has 5 rings (SSSR count). The topological polar surface area (TPSA) is 94.8 Å². The molecule has 1 amide bonds. The number of amides is 1. The number of phenolic OH excluding ortho intramolecular Hbond substituents is 2. The first-order chi connectivity index (χ1) is 16.1. The van der Waals surface area contributed by atoms with Gasteiger partial charge in [0.25, 0.3) is 5.91 Å². The molecule has 0 saturated heterocycles. The molecule has 0 atom stereocenters. The van der Waals surface area contributed by atoms with Crippen molar-refractivity contribution in [3.63, 3.8) is 0 Å². The Morgan fingerprint density at radius 3 is 2.24 bits per heavy atom. The van der Waals surface area contributed by atoms with E-state index in [2.05, 4.69) is 15.5 Å². The Hall–Kier alpha value is -4.71. The summed E-state index contributed by atoms with van der Waals surface area (Å²) >= 11 is 0. The number of fused-ring (bicyclic) bond motifs is 2. The molecule has 0 fully saturated rings. The predicted octanol–water partition coefficient (Wildman–Crippen LogP) is 5.23. The van der Waals surface area contributed by atoms with Gasteiger partial charge in [-0.15, -0.1) is 0 Å². The lowest BCUT2D eigenvalue weighted by atomic mass is 9.90. The molecule has 6 nitrogen and oxygen atoms in total. The van der Waals surface area contributed by atoms with Crippen molar-refractivity contribution in [2.75, 3.05) is 0 Å². The fourth-order valence-corrected chi connectivity index (χ4v) is 3.96. The zero-order valence-electron chi connectivity index (χ0n) is 17.4. The van der Waals surface area contributed by atoms with Gasteiger partial charge in [0.05, 0.1) is 6.21 Å². The number of rotatable bonds is 4. The summed E-state index contributed by atoms with van der Waals surface area (Å²) in [7, 11) is 0. The molecule has 0 aliphatic rings. The van der Waals surface area contributed by atoms with Crippen molar-refractivity contribution in [2.45, 2.75) is 0 Å². The third-order valence-electron chi connectivity index (χ3n) is 5.52. The van der Waals surface area contributed by atoms with E-state index >= 15 is 0 Å². The molecule has 1 heterocycles. The van der Waals surface area contributed by atoms with Crippen molar-refractivity contribution in [1.82, 2.24) is 10.4 Å². The minimum absolute atomic E-state index is 0.0396. The molecule has 0 saturated carbocycles. The Balaban J connectivity index is 1.65. The van der Waals surface area contributed by atoms with Crippen molar-refractivity contribution >= 4 is 33.7 Å². The molecule has 160 valence electrons. The quantitative estimate of drug-likeness (QED) is 0.267. The van der Waals surface area contributed by atoms with Gasteiger partial charge in [0.1, 0.15) is 11.5 Å². The first-order valence-electron chi connectivity index (χ1n) is 10.3. The van der Waals surface area contributed by atoms with Crippen LogP contribution >= 0.6 is 0 Å². The van der Waals surface area contributed by atoms with Gasteiger partial charge < -0.3 is 10.2 Å². The molecule has 0 bridgehead atoms. The zero-order chi connectivity index (χ0) is 22.8. The fourth-order valence-electron chi connectivity index (χ4n) is 3.96. The average Bonchev–Trinajstić information content (AvgIpc) is 2.85. The molecule has 0 aliphatic heterocycles. The van der Waals surface area contributed by atoms with Crippen molar-refractivity contribution in [1.29, 1.82) is 0 Å². The maximum atomic E-state index is 12.3. The van der Waals surface area contributed by atoms with Crippen LogP contribution in [0.1, 0.15) is 15.9 Å². The van der Waals surface area contributed by atoms with Gasteiger partial charge in [-0.2, -0.15) is 5.10 Å². The van der Waals surface area contributed by atoms with Gasteiger partial charge in [0, 0.05) is 34.6 Å². The summed E-state index contributed by atoms with van der Waals surface area (Å²) < 4.78 is 0. The van der Waals surface area contributed by atoms with E-state index in [1.54, 1.807) is 24.3 Å². The van der Waals surface area contributed by atoms with E-state index in [1.807, 2.05) is 54.6 Å². The first kappa shape index (κ1) is 20.2. The van der Waals surface area contributed by atoms with E-state index in [1.165, 1.54) is 18.6 Å². The van der Waals surface area contributed by atoms with Crippen molar-refractivity contribution < 1.29 is 15.0 Å². The van der Waals surface area contributed by atoms with Gasteiger partial charge in [-0.3, -0.25) is 9.78 Å². The zero-order valence-corrected chi connectivity index (χ0v) is 17.4. The Morgan fingerprint density at radius 1 is 0.818 bits per heavy atom. The van der Waals surface area contributed by atoms with Crippen LogP contribution in [0.3, 0.4) is 0 Å². The van der Waals surface area contributed by atoms with Crippen LogP contribution in [0.2, 0.25) is 0 Å². The summed E-state index contributed by atoms with van der Waals surface area (Å²) in [6, 6.07) is 23.7. The third-order valence-corrected chi connectivity index (χ3v) is 5.52. The van der Waals surface area contributed by atoms with Gasteiger partial charge in [-0.05, 0) is 45.8 Å². The van der Waals surface area contributed by atoms with Gasteiger partial charge in [-0.25, -0.2) is 5.43 Å². The molecule has 33 heavy (non-hydrogen) atoms. The highest BCUT2D eigenvalue weighted by Crippen LogP contribution is 2.45. The first-order valence-corrected chi connectivity index (χ1v) is 10.3. The molecule has 0 aliphatic carbocycles. The number of pyridine rings is 1. The lowest BCUT2D eigenvalue weighted by Crippen LogP contribution is -2.17. The van der Waals surface area contributed by atoms with Crippen LogP contribution in [0, 0.1) is 0 Å². The highest BCUT2D eigenvalue weighted by Gasteiger charge is 2.19. The third kappa shape index (κ3) is 3.74. The second kappa shape index (κ2) is 8.43. The SMILES string of the molecule is O=C(N/N=C/c1cc2ccccc2c(-c2c(O)ccc3ccccc23)c1O)c1ccncc1. The normalized spacial score (nSPS) is 11.3. The molecule has 1 aromatic heterocycles. The highest BCUT2D eigenvalue weighted by molar-refractivity contribution is 6.12. The van der Waals surface area contributed by atoms with Crippen LogP contribution in [0.15, 0.2) is 96.4 Å². The van der Waals surface area contributed by atoms with Crippen molar-refractivity contribution in [2.24, 2.45) is 5.10 Å². The predicted molar refractivity (Wildman–Crippen MR) is 130 cm³/mol. The van der Waals surface area contributed by atoms with Crippen molar-refractivity contribution in [3.05, 3.63) is 102 Å². The Bertz CT molecular complexity index is 1530. The van der Waals surface area contributed by atoms with Gasteiger partial charge in [0.15, 0.2) is 0 Å². The average molecular weight is 433 g/mol. The van der Waals surface area contributed by atoms with Crippen molar-refractivity contribution in [3.8, 4) is 22.6 Å². The van der Waals surface area contributed by atoms with Crippen LogP contribution in [-0.2, 0) is 0 Å². The number of benzene rings is 4. The van der Waals surface area contributed by atoms with Crippen LogP contribution in [0.4, 0.5) is 0 Å². The molecular weight excluding hydrogens is 414 g/mol. The summed E-state index contributed by atoms with van der Waals surface area (Å²) in [5.41, 5.74) is 4.34. The maximum absolute atomic E-state index is 12.3. The van der Waals surface area contributed by atoms with E-state index in [9.17, 15) is 15.0 Å². The number of carbonyl (C=O) groups excluding carboxylic acids is 1. The maximum Gasteiger partial charge on any atom is 0.271 e. The summed E-state index contributed by atoms with van der Waals surface area (Å²) in [6.45, 7) is 0. The smallest absolute Gasteiger partial charge is 0.271 e. The van der Waals surface area contributed by atoms with E-state index in [4.69, 9.17) is 0 Å². The van der Waals surface area contributed by atoms with Gasteiger partial charge >= 0.3 is 0 Å². The lowest BCUT2D eigenvalue weighted by Gasteiger charge is -2.16. The molecule has 0 radical (unpaired) electrons. The van der Waals surface area contributed by atoms with Crippen LogP contribution in [-0.4, -0.2) is 27.3 Å². The molecule has 5 aromatic rings. The molecule has 0 unspecified atom stereocenters. The Morgan fingerprint density at radius 2 is 1.48 bits per heavy atom. The summed E-state index contributed by atoms with van der Waals surface area (Å²) in [5.74, 6) is -0.364. The number of aromatic hydroxyl groups is 2. The highest BCUT2D eigenvalue weighted by atomic mass is 16.3. The van der Waals surface area contributed by atoms with Crippen LogP contribution in [0.5, 0.6) is 11.5 Å². The van der Waals surface area contributed by atoms with Gasteiger partial charge in [-0.1, -0.05) is 54.6 Å². The number of hydrazone groups is 1. The second-order valence-corrected chi connectivity index (χ2v) is 7.53. The summed E-state index contributed by atoms with van der Waals surface area (Å²) in [5, 5.41) is 29.5. The number of phenols is 2. The van der Waals surface area contributed by atoms with Crippen LogP contribution < -0.4 is 5.43 Å². The number of nitrogens with one attached hydrogen (secondary N) is 1. The van der Waals surface area contributed by atoms with E-state index < -0.39 is 0 Å². The number of carbonyl (C=O) groups is 1. The standard InChI is InChI=1S/C27H19N3O3/c31-23-10-9-17-5-1-3-7-21(17)24(23)25-22-8-4-2-6-19(22)15-20(26(25)32)16-29-30-27(33)18-11-13-28-14-12-18/h1-16,31-32H,(H,30,33)/b29-16+. The second-order valence-electron chi connectivity index (χ2n) is 7.53. The van der Waals surface area contributed by atoms with Crippen LogP contribution in [0.25, 0.3) is 32.7 Å². The summed E-state index contributed by atoms with van der Waals surface area (Å²) in [6.07, 6.45) is 4.44. The van der Waals surface area contributed by atoms with E-state index in [0.717, 1.165) is 21.5 Å². The molecule has 6 heteroatoms. The number of nitrogens with zero attached hydrogens (tertiary/aromatic N) is 2. The minimum atomic E-state index is -0.388. The Labute approximate surface area is 189 Å². The van der Waals surface area contributed by atoms with E-state index in [-0.39, 0.29) is 17.4 Å². The van der Waals surface area contributed by atoms with E-state index in [0.29, 0.717) is 22.3 Å². The Kier molecular flexibility index (Phi) is 5.16. The fraction of sp³-hybridized carbons (Fsp3) is 0. The molecule has 3 N–H and O–H groups in total. The molecule has 0 spiro atoms. The minimum Gasteiger partial charge on any atom is -0.507 e. The monoisotopic (exact) mass is 433 g/mol. The number of aromatic nitrogens is 1. The molecular formula is C27H19N3O3. The molecule has 4 aromatic carbocycles. The summed E-state index contributed by atoms with van der Waals surface area (Å²) in [4.78, 5) is 16.2. The number of hydrogen-bond acceptors (Lipinski definition) is 5. The number of hydrogen-bond donors (Lipinski definition) is 3. The largest absolute Gasteiger partial charge is 0.507 e. The van der Waals surface area contributed by atoms with Gasteiger partial charge in [0.2, 0.25) is 0 Å². The lowest BCUT2D eigenvalue weighted by molar-refractivity contribution is 0.0955.